The summed E-state index contributed by atoms with van der Waals surface area (Å²) in [5, 5.41) is 16.3. The van der Waals surface area contributed by atoms with Gasteiger partial charge in [-0.05, 0) is 48.4 Å². The Labute approximate surface area is 251 Å². The van der Waals surface area contributed by atoms with Crippen LogP contribution in [0.1, 0.15) is 50.5 Å². The van der Waals surface area contributed by atoms with E-state index in [2.05, 4.69) is 9.73 Å². The molecule has 44 heavy (non-hydrogen) atoms. The van der Waals surface area contributed by atoms with E-state index in [0.29, 0.717) is 17.9 Å². The van der Waals surface area contributed by atoms with Gasteiger partial charge in [-0.2, -0.15) is 22.0 Å². The molecule has 1 aliphatic carbocycles. The molecule has 0 aromatic heterocycles. The third kappa shape index (κ3) is 8.65. The predicted octanol–water partition coefficient (Wildman–Crippen LogP) is 4.48. The van der Waals surface area contributed by atoms with Gasteiger partial charge < -0.3 is 24.4 Å². The lowest BCUT2D eigenvalue weighted by atomic mass is 9.83. The van der Waals surface area contributed by atoms with Crippen LogP contribution in [0.25, 0.3) is 0 Å². The minimum atomic E-state index is -4.81. The number of allylic oxidation sites excluding steroid dienone is 1. The maximum absolute atomic E-state index is 14.9. The maximum atomic E-state index is 14.9. The summed E-state index contributed by atoms with van der Waals surface area (Å²) in [6.45, 7) is -1.88. The molecule has 4 rings (SSSR count). The number of hydrogen-bond donors (Lipinski definition) is 2. The van der Waals surface area contributed by atoms with Gasteiger partial charge in [-0.15, -0.1) is 0 Å². The highest BCUT2D eigenvalue weighted by Gasteiger charge is 2.42. The van der Waals surface area contributed by atoms with E-state index in [9.17, 15) is 34.8 Å². The number of rotatable bonds is 11. The molecular weight excluding hydrogens is 622 g/mol. The van der Waals surface area contributed by atoms with Gasteiger partial charge in [0.1, 0.15) is 23.3 Å². The third-order valence-corrected chi connectivity index (χ3v) is 10.0. The first-order valence-corrected chi connectivity index (χ1v) is 15.8. The minimum absolute atomic E-state index is 0.0197. The zero-order valence-corrected chi connectivity index (χ0v) is 24.7. The molecule has 1 aromatic rings. The first-order valence-electron chi connectivity index (χ1n) is 14.3. The molecule has 1 aromatic carbocycles. The summed E-state index contributed by atoms with van der Waals surface area (Å²) < 4.78 is 126. The summed E-state index contributed by atoms with van der Waals surface area (Å²) in [6.07, 6.45) is -8.30. The summed E-state index contributed by atoms with van der Waals surface area (Å²) in [4.78, 5) is 3.66. The molecule has 9 nitrogen and oxygen atoms in total. The van der Waals surface area contributed by atoms with E-state index in [4.69, 9.17) is 19.7 Å². The van der Waals surface area contributed by atoms with E-state index in [1.165, 1.54) is 12.1 Å². The number of sulfonamides is 1. The molecule has 0 saturated heterocycles. The Kier molecular flexibility index (Phi) is 11.2. The van der Waals surface area contributed by atoms with Gasteiger partial charge in [0.2, 0.25) is 10.0 Å². The third-order valence-electron chi connectivity index (χ3n) is 7.99. The van der Waals surface area contributed by atoms with Crippen LogP contribution in [0.3, 0.4) is 0 Å². The zero-order chi connectivity index (χ0) is 32.2. The van der Waals surface area contributed by atoms with Gasteiger partial charge in [-0.1, -0.05) is 13.0 Å². The van der Waals surface area contributed by atoms with Crippen LogP contribution in [0.4, 0.5) is 32.0 Å². The second-order valence-corrected chi connectivity index (χ2v) is 13.3. The number of ether oxygens (including phenoxy) is 3. The molecule has 248 valence electrons. The van der Waals surface area contributed by atoms with E-state index in [1.54, 1.807) is 13.0 Å². The lowest BCUT2D eigenvalue weighted by molar-refractivity contribution is -0.169. The quantitative estimate of drug-likeness (QED) is 0.156. The first kappa shape index (κ1) is 34.5. The van der Waals surface area contributed by atoms with Crippen molar-refractivity contribution in [3.8, 4) is 5.75 Å². The van der Waals surface area contributed by atoms with E-state index in [-0.39, 0.29) is 69.2 Å². The summed E-state index contributed by atoms with van der Waals surface area (Å²) in [5.41, 5.74) is -0.595. The SMILES string of the molecule is CC1CC(OC(F)F)CC(F)CC1c1ccc2c(c1)N(S(=O)(=O)[C@H]1C=C(C(F)(F)F)C=NC1)C[C@@H](CCOCCC(O)O)O2. The van der Waals surface area contributed by atoms with Crippen molar-refractivity contribution in [3.63, 3.8) is 0 Å². The number of benzene rings is 1. The van der Waals surface area contributed by atoms with Gasteiger partial charge in [0.25, 0.3) is 0 Å². The van der Waals surface area contributed by atoms with E-state index < -0.39 is 70.8 Å². The number of alkyl halides is 6. The van der Waals surface area contributed by atoms with Crippen molar-refractivity contribution >= 4 is 21.9 Å². The predicted molar refractivity (Wildman–Crippen MR) is 148 cm³/mol. The van der Waals surface area contributed by atoms with Crippen LogP contribution in [0, 0.1) is 5.92 Å². The molecule has 0 spiro atoms. The molecule has 0 radical (unpaired) electrons. The molecule has 3 aliphatic rings. The number of aliphatic hydroxyl groups is 2. The molecule has 0 amide bonds. The molecule has 4 unspecified atom stereocenters. The van der Waals surface area contributed by atoms with E-state index in [1.807, 2.05) is 0 Å². The standard InChI is InChI=1S/C28H36F6N2O7S/c1-16-8-21(43-27(30)31)11-19(29)12-23(16)17-2-3-25-24(9-17)36(15-20(42-25)4-6-41-7-5-26(37)38)44(39,40)22-10-18(13-35-14-22)28(32,33)34/h2-3,9-10,13,16,19-23,26-27,37-38H,4-8,11-12,14-15H2,1H3/t16?,19?,20-,21?,22+,23?/m1/s1. The molecule has 0 bridgehead atoms. The lowest BCUT2D eigenvalue weighted by Crippen LogP contribution is -2.48. The summed E-state index contributed by atoms with van der Waals surface area (Å²) in [5.74, 6) is -0.676. The average Bonchev–Trinajstić information content (AvgIpc) is 3.07. The van der Waals surface area contributed by atoms with Crippen molar-refractivity contribution in [2.45, 2.75) is 87.7 Å². The van der Waals surface area contributed by atoms with Crippen molar-refractivity contribution in [3.05, 3.63) is 35.4 Å². The van der Waals surface area contributed by atoms with Gasteiger partial charge in [0.15, 0.2) is 6.29 Å². The van der Waals surface area contributed by atoms with Crippen molar-refractivity contribution in [1.82, 2.24) is 0 Å². The fraction of sp³-hybridized carbons (Fsp3) is 0.679. The number of anilines is 1. The number of aliphatic imine (C=N–C) groups is 1. The number of aliphatic hydroxyl groups excluding tert-OH is 1. The van der Waals surface area contributed by atoms with E-state index >= 15 is 0 Å². The van der Waals surface area contributed by atoms with Gasteiger partial charge in [0, 0.05) is 25.5 Å². The highest BCUT2D eigenvalue weighted by atomic mass is 32.2. The van der Waals surface area contributed by atoms with Gasteiger partial charge in [-0.25, -0.2) is 12.8 Å². The average molecular weight is 659 g/mol. The van der Waals surface area contributed by atoms with E-state index in [0.717, 1.165) is 4.31 Å². The highest BCUT2D eigenvalue weighted by molar-refractivity contribution is 7.93. The van der Waals surface area contributed by atoms with Crippen molar-refractivity contribution in [2.75, 3.05) is 30.6 Å². The first-order chi connectivity index (χ1) is 20.6. The summed E-state index contributed by atoms with van der Waals surface area (Å²) in [6, 6.07) is 4.65. The Morgan fingerprint density at radius 1 is 1.16 bits per heavy atom. The van der Waals surface area contributed by atoms with Crippen LogP contribution in [0.15, 0.2) is 34.8 Å². The minimum Gasteiger partial charge on any atom is -0.486 e. The molecule has 2 N–H and O–H groups in total. The highest BCUT2D eigenvalue weighted by Crippen LogP contribution is 2.44. The normalized spacial score (nSPS) is 28.1. The Morgan fingerprint density at radius 2 is 1.91 bits per heavy atom. The Morgan fingerprint density at radius 3 is 2.59 bits per heavy atom. The van der Waals surface area contributed by atoms with Gasteiger partial charge >= 0.3 is 12.8 Å². The van der Waals surface area contributed by atoms with Crippen molar-refractivity contribution in [2.24, 2.45) is 10.9 Å². The van der Waals surface area contributed by atoms with Gasteiger partial charge in [-0.3, -0.25) is 9.30 Å². The second-order valence-electron chi connectivity index (χ2n) is 11.3. The van der Waals surface area contributed by atoms with Crippen LogP contribution in [-0.4, -0.2) is 93.9 Å². The van der Waals surface area contributed by atoms with Gasteiger partial charge in [0.05, 0.1) is 43.7 Å². The van der Waals surface area contributed by atoms with Crippen LogP contribution in [-0.2, 0) is 19.5 Å². The molecule has 1 fully saturated rings. The van der Waals surface area contributed by atoms with Crippen molar-refractivity contribution in [1.29, 1.82) is 0 Å². The lowest BCUT2D eigenvalue weighted by Gasteiger charge is -2.38. The second kappa shape index (κ2) is 14.4. The number of halogens is 6. The summed E-state index contributed by atoms with van der Waals surface area (Å²) in [7, 11) is -4.49. The van der Waals surface area contributed by atoms with Crippen LogP contribution >= 0.6 is 0 Å². The summed E-state index contributed by atoms with van der Waals surface area (Å²) >= 11 is 0. The van der Waals surface area contributed by atoms with Crippen molar-refractivity contribution < 1.29 is 59.2 Å². The topological polar surface area (TPSA) is 118 Å². The molecule has 6 atom stereocenters. The fourth-order valence-electron chi connectivity index (χ4n) is 5.80. The fourth-order valence-corrected chi connectivity index (χ4v) is 7.52. The number of hydrogen-bond acceptors (Lipinski definition) is 8. The molecule has 16 heteroatoms. The largest absolute Gasteiger partial charge is 0.486 e. The number of fused-ring (bicyclic) bond motifs is 1. The Bertz CT molecular complexity index is 1290. The smallest absolute Gasteiger partial charge is 0.417 e. The van der Waals surface area contributed by atoms with Crippen LogP contribution < -0.4 is 9.04 Å². The zero-order valence-electron chi connectivity index (χ0n) is 23.9. The Hall–Kier alpha value is -2.40. The number of nitrogens with zero attached hydrogens (tertiary/aromatic N) is 2. The molecule has 2 heterocycles. The molecule has 1 saturated carbocycles. The van der Waals surface area contributed by atoms with Crippen LogP contribution in [0.2, 0.25) is 0 Å². The maximum Gasteiger partial charge on any atom is 0.417 e. The number of dihydropyridines is 1. The Balaban J connectivity index is 1.65. The monoisotopic (exact) mass is 658 g/mol. The molecule has 2 aliphatic heterocycles. The van der Waals surface area contributed by atoms with Crippen LogP contribution in [0.5, 0.6) is 5.75 Å². The molecular formula is C28H36F6N2O7S.